The molecule has 81 valence electrons. The SMILES string of the molecule is CC(C)(C)OC(=O)C(N)C1CCC[N]1. The van der Waals surface area contributed by atoms with E-state index in [-0.39, 0.29) is 12.0 Å². The molecule has 2 N–H and O–H groups in total. The van der Waals surface area contributed by atoms with Gasteiger partial charge in [0, 0.05) is 6.54 Å². The number of carbonyl (C=O) groups excluding carboxylic acids is 1. The van der Waals surface area contributed by atoms with Gasteiger partial charge in [-0.1, -0.05) is 0 Å². The van der Waals surface area contributed by atoms with Crippen molar-refractivity contribution >= 4 is 5.97 Å². The molecule has 2 unspecified atom stereocenters. The summed E-state index contributed by atoms with van der Waals surface area (Å²) in [5.41, 5.74) is 5.30. The van der Waals surface area contributed by atoms with Gasteiger partial charge in [-0.15, -0.1) is 0 Å². The van der Waals surface area contributed by atoms with Gasteiger partial charge in [0.1, 0.15) is 11.6 Å². The zero-order chi connectivity index (χ0) is 10.8. The molecule has 1 aliphatic rings. The van der Waals surface area contributed by atoms with Crippen molar-refractivity contribution in [3.05, 3.63) is 0 Å². The first kappa shape index (κ1) is 11.5. The van der Waals surface area contributed by atoms with E-state index in [0.29, 0.717) is 0 Å². The fourth-order valence-corrected chi connectivity index (χ4v) is 1.47. The van der Waals surface area contributed by atoms with E-state index >= 15 is 0 Å². The highest BCUT2D eigenvalue weighted by atomic mass is 16.6. The Labute approximate surface area is 85.2 Å². The Hall–Kier alpha value is -0.610. The molecule has 1 radical (unpaired) electrons. The minimum absolute atomic E-state index is 0.0372. The minimum atomic E-state index is -0.586. The highest BCUT2D eigenvalue weighted by molar-refractivity contribution is 5.76. The second-order valence-corrected chi connectivity index (χ2v) is 4.68. The smallest absolute Gasteiger partial charge is 0.325 e. The Kier molecular flexibility index (Phi) is 3.50. The van der Waals surface area contributed by atoms with Crippen molar-refractivity contribution in [2.45, 2.75) is 51.3 Å². The van der Waals surface area contributed by atoms with Crippen molar-refractivity contribution in [3.8, 4) is 0 Å². The summed E-state index contributed by atoms with van der Waals surface area (Å²) >= 11 is 0. The lowest BCUT2D eigenvalue weighted by atomic mass is 10.1. The number of hydrogen-bond acceptors (Lipinski definition) is 3. The molecular weight excluding hydrogens is 180 g/mol. The molecule has 4 nitrogen and oxygen atoms in total. The molecule has 2 atom stereocenters. The number of esters is 1. The van der Waals surface area contributed by atoms with Gasteiger partial charge in [0.15, 0.2) is 0 Å². The van der Waals surface area contributed by atoms with E-state index in [2.05, 4.69) is 5.32 Å². The van der Waals surface area contributed by atoms with Crippen LogP contribution in [0.25, 0.3) is 0 Å². The second kappa shape index (κ2) is 4.28. The maximum Gasteiger partial charge on any atom is 0.325 e. The van der Waals surface area contributed by atoms with Gasteiger partial charge in [0.25, 0.3) is 0 Å². The number of nitrogens with two attached hydrogens (primary N) is 1. The van der Waals surface area contributed by atoms with Crippen LogP contribution in [-0.2, 0) is 9.53 Å². The van der Waals surface area contributed by atoms with E-state index in [4.69, 9.17) is 10.5 Å². The fraction of sp³-hybridized carbons (Fsp3) is 0.900. The molecule has 1 aliphatic heterocycles. The molecule has 0 aromatic heterocycles. The average Bonchev–Trinajstić information content (AvgIpc) is 2.51. The maximum absolute atomic E-state index is 11.5. The number of nitrogens with zero attached hydrogens (tertiary/aromatic N) is 1. The Morgan fingerprint density at radius 3 is 2.64 bits per heavy atom. The third kappa shape index (κ3) is 3.27. The maximum atomic E-state index is 11.5. The Bertz CT molecular complexity index is 205. The van der Waals surface area contributed by atoms with Crippen LogP contribution in [0.2, 0.25) is 0 Å². The van der Waals surface area contributed by atoms with Gasteiger partial charge < -0.3 is 10.5 Å². The Morgan fingerprint density at radius 1 is 1.57 bits per heavy atom. The lowest BCUT2D eigenvalue weighted by Crippen LogP contribution is -2.47. The standard InChI is InChI=1S/C10H19N2O2/c1-10(2,3)14-9(13)8(11)7-5-4-6-12-7/h7-8H,4-6,11H2,1-3H3. The topological polar surface area (TPSA) is 66.4 Å². The van der Waals surface area contributed by atoms with E-state index in [0.717, 1.165) is 19.4 Å². The first-order valence-electron chi connectivity index (χ1n) is 5.05. The van der Waals surface area contributed by atoms with Crippen LogP contribution in [0, 0.1) is 0 Å². The molecule has 0 spiro atoms. The molecule has 0 bridgehead atoms. The summed E-state index contributed by atoms with van der Waals surface area (Å²) in [6.45, 7) is 6.33. The summed E-state index contributed by atoms with van der Waals surface area (Å²) in [4.78, 5) is 11.5. The number of ether oxygens (including phenoxy) is 1. The van der Waals surface area contributed by atoms with E-state index in [9.17, 15) is 4.79 Å². The van der Waals surface area contributed by atoms with E-state index < -0.39 is 11.6 Å². The summed E-state index contributed by atoms with van der Waals surface area (Å²) in [6, 6.07) is -0.624. The lowest BCUT2D eigenvalue weighted by Gasteiger charge is -2.24. The van der Waals surface area contributed by atoms with Crippen LogP contribution in [0.1, 0.15) is 33.6 Å². The zero-order valence-electron chi connectivity index (χ0n) is 9.12. The van der Waals surface area contributed by atoms with Gasteiger partial charge >= 0.3 is 5.97 Å². The highest BCUT2D eigenvalue weighted by Crippen LogP contribution is 2.14. The van der Waals surface area contributed by atoms with Crippen molar-refractivity contribution in [1.29, 1.82) is 0 Å². The third-order valence-corrected chi connectivity index (χ3v) is 2.12. The Morgan fingerprint density at radius 2 is 2.21 bits per heavy atom. The van der Waals surface area contributed by atoms with Crippen molar-refractivity contribution < 1.29 is 9.53 Å². The van der Waals surface area contributed by atoms with Crippen LogP contribution in [0.3, 0.4) is 0 Å². The van der Waals surface area contributed by atoms with E-state index in [1.807, 2.05) is 20.8 Å². The molecule has 0 aromatic carbocycles. The van der Waals surface area contributed by atoms with Gasteiger partial charge in [-0.2, -0.15) is 0 Å². The van der Waals surface area contributed by atoms with Crippen LogP contribution < -0.4 is 11.1 Å². The van der Waals surface area contributed by atoms with E-state index in [1.54, 1.807) is 0 Å². The molecule has 0 aromatic rings. The van der Waals surface area contributed by atoms with Crippen LogP contribution >= 0.6 is 0 Å². The van der Waals surface area contributed by atoms with Gasteiger partial charge in [-0.3, -0.25) is 4.79 Å². The lowest BCUT2D eigenvalue weighted by molar-refractivity contribution is -0.157. The summed E-state index contributed by atoms with van der Waals surface area (Å²) < 4.78 is 5.19. The fourth-order valence-electron chi connectivity index (χ4n) is 1.47. The summed E-state index contributed by atoms with van der Waals surface area (Å²) in [5.74, 6) is -0.340. The van der Waals surface area contributed by atoms with Crippen molar-refractivity contribution in [1.82, 2.24) is 5.32 Å². The van der Waals surface area contributed by atoms with Gasteiger partial charge in [-0.25, -0.2) is 5.32 Å². The normalized spacial score (nSPS) is 24.7. The number of hydrogen-bond donors (Lipinski definition) is 1. The first-order valence-corrected chi connectivity index (χ1v) is 5.05. The first-order chi connectivity index (χ1) is 6.40. The molecule has 0 amide bonds. The predicted molar refractivity (Wildman–Crippen MR) is 53.8 cm³/mol. The minimum Gasteiger partial charge on any atom is -0.459 e. The Balaban J connectivity index is 2.43. The summed E-state index contributed by atoms with van der Waals surface area (Å²) in [5, 5.41) is 4.26. The molecule has 0 saturated carbocycles. The molecule has 14 heavy (non-hydrogen) atoms. The van der Waals surface area contributed by atoms with Crippen LogP contribution in [-0.4, -0.2) is 30.2 Å². The molecular formula is C10H19N2O2. The van der Waals surface area contributed by atoms with Gasteiger partial charge in [0.05, 0.1) is 6.04 Å². The van der Waals surface area contributed by atoms with Crippen molar-refractivity contribution in [2.24, 2.45) is 5.73 Å². The second-order valence-electron chi connectivity index (χ2n) is 4.68. The van der Waals surface area contributed by atoms with Gasteiger partial charge in [0.2, 0.25) is 0 Å². The quantitative estimate of drug-likeness (QED) is 0.655. The van der Waals surface area contributed by atoms with E-state index in [1.165, 1.54) is 0 Å². The number of rotatable bonds is 2. The largest absolute Gasteiger partial charge is 0.459 e. The van der Waals surface area contributed by atoms with Crippen molar-refractivity contribution in [3.63, 3.8) is 0 Å². The molecule has 4 heteroatoms. The van der Waals surface area contributed by atoms with Crippen LogP contribution in [0.4, 0.5) is 0 Å². The predicted octanol–water partition coefficient (Wildman–Crippen LogP) is 0.422. The van der Waals surface area contributed by atoms with Crippen molar-refractivity contribution in [2.75, 3.05) is 6.54 Å². The summed E-state index contributed by atoms with van der Waals surface area (Å²) in [7, 11) is 0. The number of carbonyl (C=O) groups is 1. The molecule has 1 fully saturated rings. The zero-order valence-corrected chi connectivity index (χ0v) is 9.12. The summed E-state index contributed by atoms with van der Waals surface area (Å²) in [6.07, 6.45) is 1.93. The highest BCUT2D eigenvalue weighted by Gasteiger charge is 2.31. The van der Waals surface area contributed by atoms with Gasteiger partial charge in [-0.05, 0) is 33.6 Å². The molecule has 1 heterocycles. The molecule has 1 saturated heterocycles. The monoisotopic (exact) mass is 199 g/mol. The molecule has 1 rings (SSSR count). The molecule has 0 aliphatic carbocycles. The van der Waals surface area contributed by atoms with Crippen LogP contribution in [0.15, 0.2) is 0 Å². The average molecular weight is 199 g/mol. The third-order valence-electron chi connectivity index (χ3n) is 2.12. The van der Waals surface area contributed by atoms with Crippen LogP contribution in [0.5, 0.6) is 0 Å².